The zero-order valence-corrected chi connectivity index (χ0v) is 11.6. The summed E-state index contributed by atoms with van der Waals surface area (Å²) in [6.45, 7) is 9.59. The van der Waals surface area contributed by atoms with Gasteiger partial charge in [0.15, 0.2) is 0 Å². The fraction of sp³-hybridized carbons (Fsp3) is 0.643. The summed E-state index contributed by atoms with van der Waals surface area (Å²) in [7, 11) is 0. The zero-order chi connectivity index (χ0) is 13.2. The van der Waals surface area contributed by atoms with Crippen LogP contribution in [-0.2, 0) is 11.2 Å². The quantitative estimate of drug-likeness (QED) is 0.882. The van der Waals surface area contributed by atoms with Crippen molar-refractivity contribution in [2.75, 3.05) is 31.1 Å². The summed E-state index contributed by atoms with van der Waals surface area (Å²) in [6.07, 6.45) is 2.83. The Bertz CT molecular complexity index is 418. The molecule has 0 saturated carbocycles. The Balaban J connectivity index is 2.18. The number of hydrogen-bond donors (Lipinski definition) is 1. The van der Waals surface area contributed by atoms with Gasteiger partial charge in [-0.3, -0.25) is 0 Å². The van der Waals surface area contributed by atoms with Gasteiger partial charge in [-0.25, -0.2) is 4.98 Å². The Morgan fingerprint density at radius 2 is 2.28 bits per heavy atom. The van der Waals surface area contributed by atoms with Crippen molar-refractivity contribution in [2.45, 2.75) is 32.8 Å². The lowest BCUT2D eigenvalue weighted by Crippen LogP contribution is -2.48. The van der Waals surface area contributed by atoms with E-state index in [4.69, 9.17) is 10.5 Å². The summed E-state index contributed by atoms with van der Waals surface area (Å²) < 4.78 is 5.73. The first-order valence-corrected chi connectivity index (χ1v) is 6.56. The number of aromatic nitrogens is 1. The molecular formula is C14H23N3O. The Kier molecular flexibility index (Phi) is 3.88. The largest absolute Gasteiger partial charge is 0.372 e. The van der Waals surface area contributed by atoms with Crippen LogP contribution in [0.2, 0.25) is 0 Å². The molecule has 2 N–H and O–H groups in total. The maximum Gasteiger partial charge on any atom is 0.131 e. The first kappa shape index (κ1) is 13.3. The molecule has 0 bridgehead atoms. The van der Waals surface area contributed by atoms with Crippen molar-refractivity contribution < 1.29 is 4.74 Å². The van der Waals surface area contributed by atoms with Crippen LogP contribution in [0.1, 0.15) is 25.0 Å². The number of nitrogens with two attached hydrogens (primary N) is 1. The SMILES string of the molecule is Cc1cc(CCN)cnc1N1CCOC(C)(C)C1. The van der Waals surface area contributed by atoms with Gasteiger partial charge < -0.3 is 15.4 Å². The predicted octanol–water partition coefficient (Wildman–Crippen LogP) is 1.51. The normalized spacial score (nSPS) is 19.0. The molecule has 0 unspecified atom stereocenters. The second kappa shape index (κ2) is 5.24. The molecule has 0 atom stereocenters. The lowest BCUT2D eigenvalue weighted by molar-refractivity contribution is -0.0279. The van der Waals surface area contributed by atoms with Crippen molar-refractivity contribution in [3.05, 3.63) is 23.4 Å². The monoisotopic (exact) mass is 249 g/mol. The van der Waals surface area contributed by atoms with Gasteiger partial charge >= 0.3 is 0 Å². The lowest BCUT2D eigenvalue weighted by Gasteiger charge is -2.39. The number of ether oxygens (including phenoxy) is 1. The molecule has 1 aromatic rings. The number of nitrogens with zero attached hydrogens (tertiary/aromatic N) is 2. The molecule has 4 nitrogen and oxygen atoms in total. The van der Waals surface area contributed by atoms with E-state index in [1.165, 1.54) is 11.1 Å². The summed E-state index contributed by atoms with van der Waals surface area (Å²) in [6, 6.07) is 2.19. The van der Waals surface area contributed by atoms with Crippen LogP contribution in [-0.4, -0.2) is 36.8 Å². The van der Waals surface area contributed by atoms with Gasteiger partial charge in [-0.15, -0.1) is 0 Å². The highest BCUT2D eigenvalue weighted by Gasteiger charge is 2.28. The first-order valence-electron chi connectivity index (χ1n) is 6.56. The lowest BCUT2D eigenvalue weighted by atomic mass is 10.1. The van der Waals surface area contributed by atoms with Gasteiger partial charge in [-0.1, -0.05) is 6.07 Å². The highest BCUT2D eigenvalue weighted by atomic mass is 16.5. The van der Waals surface area contributed by atoms with Crippen molar-refractivity contribution in [2.24, 2.45) is 5.73 Å². The molecule has 1 saturated heterocycles. The molecule has 2 heterocycles. The van der Waals surface area contributed by atoms with E-state index in [0.29, 0.717) is 6.54 Å². The van der Waals surface area contributed by atoms with Crippen LogP contribution in [0, 0.1) is 6.92 Å². The molecule has 0 radical (unpaired) electrons. The summed E-state index contributed by atoms with van der Waals surface area (Å²) in [5.41, 5.74) is 7.91. The minimum atomic E-state index is -0.0949. The van der Waals surface area contributed by atoms with Gasteiger partial charge in [0.05, 0.1) is 12.2 Å². The molecule has 1 aliphatic heterocycles. The van der Waals surface area contributed by atoms with Crippen LogP contribution in [0.4, 0.5) is 5.82 Å². The van der Waals surface area contributed by atoms with Crippen molar-refractivity contribution >= 4 is 5.82 Å². The first-order chi connectivity index (χ1) is 8.52. The van der Waals surface area contributed by atoms with Crippen LogP contribution in [0.5, 0.6) is 0 Å². The average molecular weight is 249 g/mol. The minimum absolute atomic E-state index is 0.0949. The van der Waals surface area contributed by atoms with Gasteiger partial charge in [0.2, 0.25) is 0 Å². The van der Waals surface area contributed by atoms with Crippen LogP contribution < -0.4 is 10.6 Å². The van der Waals surface area contributed by atoms with Gasteiger partial charge in [-0.2, -0.15) is 0 Å². The van der Waals surface area contributed by atoms with E-state index in [0.717, 1.165) is 31.9 Å². The number of anilines is 1. The molecule has 0 aromatic carbocycles. The van der Waals surface area contributed by atoms with Crippen LogP contribution in [0.15, 0.2) is 12.3 Å². The van der Waals surface area contributed by atoms with Crippen molar-refractivity contribution in [3.63, 3.8) is 0 Å². The molecule has 18 heavy (non-hydrogen) atoms. The molecule has 4 heteroatoms. The Labute approximate surface area is 109 Å². The van der Waals surface area contributed by atoms with E-state index in [9.17, 15) is 0 Å². The standard InChI is InChI=1S/C14H23N3O/c1-11-8-12(4-5-15)9-16-13(11)17-6-7-18-14(2,3)10-17/h8-9H,4-7,10,15H2,1-3H3. The van der Waals surface area contributed by atoms with Crippen molar-refractivity contribution in [1.82, 2.24) is 4.98 Å². The van der Waals surface area contributed by atoms with Gasteiger partial charge in [-0.05, 0) is 44.9 Å². The molecule has 0 spiro atoms. The molecule has 1 aromatic heterocycles. The van der Waals surface area contributed by atoms with Crippen LogP contribution in [0.3, 0.4) is 0 Å². The molecule has 100 valence electrons. The van der Waals surface area contributed by atoms with Gasteiger partial charge in [0.1, 0.15) is 5.82 Å². The van der Waals surface area contributed by atoms with E-state index in [-0.39, 0.29) is 5.60 Å². The summed E-state index contributed by atoms with van der Waals surface area (Å²) in [5, 5.41) is 0. The second-order valence-corrected chi connectivity index (χ2v) is 5.55. The fourth-order valence-corrected chi connectivity index (χ4v) is 2.46. The van der Waals surface area contributed by atoms with E-state index < -0.39 is 0 Å². The third-order valence-corrected chi connectivity index (χ3v) is 3.27. The zero-order valence-electron chi connectivity index (χ0n) is 11.6. The number of aryl methyl sites for hydroxylation is 1. The van der Waals surface area contributed by atoms with Crippen LogP contribution in [0.25, 0.3) is 0 Å². The number of morpholine rings is 1. The maximum atomic E-state index is 5.73. The summed E-state index contributed by atoms with van der Waals surface area (Å²) >= 11 is 0. The van der Waals surface area contributed by atoms with Crippen LogP contribution >= 0.6 is 0 Å². The maximum absolute atomic E-state index is 5.73. The van der Waals surface area contributed by atoms with E-state index in [1.54, 1.807) is 0 Å². The average Bonchev–Trinajstić information content (AvgIpc) is 2.28. The number of rotatable bonds is 3. The van der Waals surface area contributed by atoms with Crippen molar-refractivity contribution in [1.29, 1.82) is 0 Å². The fourth-order valence-electron chi connectivity index (χ4n) is 2.46. The Morgan fingerprint density at radius 3 is 2.89 bits per heavy atom. The predicted molar refractivity (Wildman–Crippen MR) is 74.0 cm³/mol. The number of hydrogen-bond acceptors (Lipinski definition) is 4. The molecule has 1 aliphatic rings. The molecule has 1 fully saturated rings. The van der Waals surface area contributed by atoms with Gasteiger partial charge in [0.25, 0.3) is 0 Å². The number of pyridine rings is 1. The van der Waals surface area contributed by atoms with E-state index >= 15 is 0 Å². The molecule has 0 amide bonds. The highest BCUT2D eigenvalue weighted by Crippen LogP contribution is 2.24. The Hall–Kier alpha value is -1.13. The van der Waals surface area contributed by atoms with E-state index in [2.05, 4.69) is 36.7 Å². The third-order valence-electron chi connectivity index (χ3n) is 3.27. The molecule has 2 rings (SSSR count). The summed E-state index contributed by atoms with van der Waals surface area (Å²) in [4.78, 5) is 6.91. The minimum Gasteiger partial charge on any atom is -0.372 e. The topological polar surface area (TPSA) is 51.4 Å². The van der Waals surface area contributed by atoms with Crippen molar-refractivity contribution in [3.8, 4) is 0 Å². The summed E-state index contributed by atoms with van der Waals surface area (Å²) in [5.74, 6) is 1.08. The van der Waals surface area contributed by atoms with E-state index in [1.807, 2.05) is 6.20 Å². The van der Waals surface area contributed by atoms with Gasteiger partial charge in [0, 0.05) is 19.3 Å². The Morgan fingerprint density at radius 1 is 1.50 bits per heavy atom. The molecular weight excluding hydrogens is 226 g/mol. The molecule has 0 aliphatic carbocycles. The second-order valence-electron chi connectivity index (χ2n) is 5.55. The smallest absolute Gasteiger partial charge is 0.131 e. The highest BCUT2D eigenvalue weighted by molar-refractivity contribution is 5.48. The third kappa shape index (κ3) is 3.00.